The molecule has 0 N–H and O–H groups in total. The van der Waals surface area contributed by atoms with Crippen molar-refractivity contribution in [3.63, 3.8) is 0 Å². The van der Waals surface area contributed by atoms with Crippen molar-refractivity contribution in [1.82, 2.24) is 4.90 Å². The molecule has 154 valence electrons. The number of benzene rings is 2. The maximum atomic E-state index is 12.2. The number of para-hydroxylation sites is 2. The van der Waals surface area contributed by atoms with Gasteiger partial charge in [0, 0.05) is 57.9 Å². The minimum absolute atomic E-state index is 0.0246. The van der Waals surface area contributed by atoms with Crippen LogP contribution in [-0.2, 0) is 4.79 Å². The van der Waals surface area contributed by atoms with Crippen molar-refractivity contribution in [3.8, 4) is 17.2 Å². The standard InChI is InChI=1S/C22H27N3O4/c1-17(26)25(18-7-8-21-22(15-18)29-16-28-21)14-11-23-9-12-24(13-10-23)19-5-3-4-6-20(19)27-2/h3-8,15H,9-14,16H2,1-2H3. The number of methoxy groups -OCH3 is 1. The molecule has 2 aliphatic heterocycles. The summed E-state index contributed by atoms with van der Waals surface area (Å²) < 4.78 is 16.3. The fourth-order valence-electron chi connectivity index (χ4n) is 3.87. The molecule has 2 heterocycles. The van der Waals surface area contributed by atoms with Gasteiger partial charge in [0.2, 0.25) is 12.7 Å². The minimum atomic E-state index is 0.0246. The van der Waals surface area contributed by atoms with E-state index < -0.39 is 0 Å². The number of piperazine rings is 1. The lowest BCUT2D eigenvalue weighted by molar-refractivity contribution is -0.116. The van der Waals surface area contributed by atoms with E-state index in [1.54, 1.807) is 18.9 Å². The zero-order valence-corrected chi connectivity index (χ0v) is 17.0. The van der Waals surface area contributed by atoms with Crippen LogP contribution in [0.4, 0.5) is 11.4 Å². The van der Waals surface area contributed by atoms with E-state index in [1.165, 1.54) is 0 Å². The van der Waals surface area contributed by atoms with Crippen molar-refractivity contribution in [1.29, 1.82) is 0 Å². The number of ether oxygens (including phenoxy) is 3. The summed E-state index contributed by atoms with van der Waals surface area (Å²) in [4.78, 5) is 18.8. The lowest BCUT2D eigenvalue weighted by Gasteiger charge is -2.37. The average molecular weight is 397 g/mol. The van der Waals surface area contributed by atoms with Gasteiger partial charge in [0.25, 0.3) is 0 Å². The van der Waals surface area contributed by atoms with Crippen molar-refractivity contribution in [2.24, 2.45) is 0 Å². The van der Waals surface area contributed by atoms with Crippen LogP contribution in [0, 0.1) is 0 Å². The molecule has 2 aromatic rings. The van der Waals surface area contributed by atoms with Gasteiger partial charge >= 0.3 is 0 Å². The number of amides is 1. The first-order valence-electron chi connectivity index (χ1n) is 9.94. The SMILES string of the molecule is COc1ccccc1N1CCN(CCN(C(C)=O)c2ccc3c(c2)OCO3)CC1. The Kier molecular flexibility index (Phi) is 5.76. The zero-order chi connectivity index (χ0) is 20.2. The zero-order valence-electron chi connectivity index (χ0n) is 17.0. The molecule has 0 aliphatic carbocycles. The van der Waals surface area contributed by atoms with Gasteiger partial charge in [0.15, 0.2) is 11.5 Å². The van der Waals surface area contributed by atoms with Crippen LogP contribution in [0.15, 0.2) is 42.5 Å². The van der Waals surface area contributed by atoms with E-state index in [9.17, 15) is 4.79 Å². The fraction of sp³-hybridized carbons (Fsp3) is 0.409. The van der Waals surface area contributed by atoms with Crippen molar-refractivity contribution in [2.45, 2.75) is 6.92 Å². The highest BCUT2D eigenvalue weighted by Gasteiger charge is 2.22. The third kappa shape index (κ3) is 4.24. The second-order valence-electron chi connectivity index (χ2n) is 7.21. The van der Waals surface area contributed by atoms with Gasteiger partial charge in [-0.1, -0.05) is 12.1 Å². The molecule has 1 fully saturated rings. The highest BCUT2D eigenvalue weighted by molar-refractivity contribution is 5.91. The molecule has 0 bridgehead atoms. The molecule has 1 amide bonds. The lowest BCUT2D eigenvalue weighted by Crippen LogP contribution is -2.49. The first kappa shape index (κ1) is 19.4. The van der Waals surface area contributed by atoms with Gasteiger partial charge < -0.3 is 24.0 Å². The van der Waals surface area contributed by atoms with E-state index in [0.717, 1.165) is 55.6 Å². The van der Waals surface area contributed by atoms with Gasteiger partial charge in [0.05, 0.1) is 12.8 Å². The normalized spacial score (nSPS) is 16.0. The molecule has 0 atom stereocenters. The van der Waals surface area contributed by atoms with Gasteiger partial charge in [-0.05, 0) is 24.3 Å². The van der Waals surface area contributed by atoms with E-state index >= 15 is 0 Å². The van der Waals surface area contributed by atoms with Gasteiger partial charge in [-0.2, -0.15) is 0 Å². The van der Waals surface area contributed by atoms with E-state index in [1.807, 2.05) is 36.4 Å². The Labute approximate surface area is 171 Å². The van der Waals surface area contributed by atoms with E-state index in [-0.39, 0.29) is 12.7 Å². The predicted molar refractivity (Wildman–Crippen MR) is 112 cm³/mol. The van der Waals surface area contributed by atoms with Crippen molar-refractivity contribution in [2.75, 3.05) is 63.0 Å². The van der Waals surface area contributed by atoms with Crippen LogP contribution >= 0.6 is 0 Å². The van der Waals surface area contributed by atoms with Crippen LogP contribution in [0.25, 0.3) is 0 Å². The molecule has 29 heavy (non-hydrogen) atoms. The molecule has 2 aromatic carbocycles. The van der Waals surface area contributed by atoms with Gasteiger partial charge in [-0.25, -0.2) is 0 Å². The van der Waals surface area contributed by atoms with Crippen LogP contribution in [0.3, 0.4) is 0 Å². The fourth-order valence-corrected chi connectivity index (χ4v) is 3.87. The third-order valence-corrected chi connectivity index (χ3v) is 5.49. The number of carbonyl (C=O) groups excluding carboxylic acids is 1. The number of nitrogens with zero attached hydrogens (tertiary/aromatic N) is 3. The summed E-state index contributed by atoms with van der Waals surface area (Å²) in [5.74, 6) is 2.35. The Morgan fingerprint density at radius 3 is 2.59 bits per heavy atom. The van der Waals surface area contributed by atoms with Crippen LogP contribution in [0.5, 0.6) is 17.2 Å². The number of anilines is 2. The van der Waals surface area contributed by atoms with Crippen LogP contribution in [0.1, 0.15) is 6.92 Å². The molecular weight excluding hydrogens is 370 g/mol. The van der Waals surface area contributed by atoms with Crippen LogP contribution < -0.4 is 24.0 Å². The Morgan fingerprint density at radius 2 is 1.83 bits per heavy atom. The maximum absolute atomic E-state index is 12.2. The van der Waals surface area contributed by atoms with Gasteiger partial charge in [-0.3, -0.25) is 9.69 Å². The number of hydrogen-bond donors (Lipinski definition) is 0. The quantitative estimate of drug-likeness (QED) is 0.747. The molecule has 1 saturated heterocycles. The molecule has 0 aromatic heterocycles. The number of hydrogen-bond acceptors (Lipinski definition) is 6. The molecule has 0 saturated carbocycles. The van der Waals surface area contributed by atoms with E-state index in [0.29, 0.717) is 12.3 Å². The number of fused-ring (bicyclic) bond motifs is 1. The second kappa shape index (κ2) is 8.61. The Bertz CT molecular complexity index is 865. The summed E-state index contributed by atoms with van der Waals surface area (Å²) in [6.07, 6.45) is 0. The minimum Gasteiger partial charge on any atom is -0.495 e. The topological polar surface area (TPSA) is 54.5 Å². The highest BCUT2D eigenvalue weighted by Crippen LogP contribution is 2.35. The van der Waals surface area contributed by atoms with Crippen molar-refractivity contribution >= 4 is 17.3 Å². The second-order valence-corrected chi connectivity index (χ2v) is 7.21. The first-order chi connectivity index (χ1) is 14.2. The molecule has 2 aliphatic rings. The highest BCUT2D eigenvalue weighted by atomic mass is 16.7. The van der Waals surface area contributed by atoms with Crippen LogP contribution in [0.2, 0.25) is 0 Å². The van der Waals surface area contributed by atoms with E-state index in [4.69, 9.17) is 14.2 Å². The summed E-state index contributed by atoms with van der Waals surface area (Å²) in [5, 5.41) is 0. The average Bonchev–Trinajstić information content (AvgIpc) is 3.22. The van der Waals surface area contributed by atoms with E-state index in [2.05, 4.69) is 15.9 Å². The van der Waals surface area contributed by atoms with Crippen LogP contribution in [-0.4, -0.2) is 64.0 Å². The predicted octanol–water partition coefficient (Wildman–Crippen LogP) is 2.60. The largest absolute Gasteiger partial charge is 0.495 e. The summed E-state index contributed by atoms with van der Waals surface area (Å²) >= 11 is 0. The summed E-state index contributed by atoms with van der Waals surface area (Å²) in [6, 6.07) is 13.8. The van der Waals surface area contributed by atoms with Crippen molar-refractivity contribution < 1.29 is 19.0 Å². The first-order valence-corrected chi connectivity index (χ1v) is 9.94. The monoisotopic (exact) mass is 397 g/mol. The Morgan fingerprint density at radius 1 is 1.07 bits per heavy atom. The van der Waals surface area contributed by atoms with Crippen molar-refractivity contribution in [3.05, 3.63) is 42.5 Å². The van der Waals surface area contributed by atoms with Gasteiger partial charge in [0.1, 0.15) is 5.75 Å². The molecule has 0 unspecified atom stereocenters. The summed E-state index contributed by atoms with van der Waals surface area (Å²) in [6.45, 7) is 7.07. The molecule has 7 heteroatoms. The smallest absolute Gasteiger partial charge is 0.231 e. The number of rotatable bonds is 6. The third-order valence-electron chi connectivity index (χ3n) is 5.49. The summed E-state index contributed by atoms with van der Waals surface area (Å²) in [7, 11) is 1.71. The molecule has 4 rings (SSSR count). The maximum Gasteiger partial charge on any atom is 0.231 e. The Balaban J connectivity index is 1.34. The lowest BCUT2D eigenvalue weighted by atomic mass is 10.2. The Hall–Kier alpha value is -2.93. The molecule has 7 nitrogen and oxygen atoms in total. The molecule has 0 radical (unpaired) electrons. The molecular formula is C22H27N3O4. The number of carbonyl (C=O) groups is 1. The van der Waals surface area contributed by atoms with Gasteiger partial charge in [-0.15, -0.1) is 0 Å². The molecule has 0 spiro atoms. The summed E-state index contributed by atoms with van der Waals surface area (Å²) in [5.41, 5.74) is 1.98.